The van der Waals surface area contributed by atoms with Crippen LogP contribution in [-0.2, 0) is 0 Å². The number of piperidine rings is 1. The summed E-state index contributed by atoms with van der Waals surface area (Å²) in [5, 5.41) is 1.17. The second-order valence-electron chi connectivity index (χ2n) is 9.71. The van der Waals surface area contributed by atoms with Gasteiger partial charge in [0, 0.05) is 55.1 Å². The SMILES string of the molecule is Cc1cc(N2CCN(C(=O)c3ccc(OCCCN4CCCCC4)cc3)CC2)c2ccccc2n1. The Kier molecular flexibility index (Phi) is 7.48. The number of carbonyl (C=O) groups excluding carboxylic acids is 1. The molecule has 2 saturated heterocycles. The molecular weight excluding hydrogens is 436 g/mol. The van der Waals surface area contributed by atoms with Crippen molar-refractivity contribution >= 4 is 22.5 Å². The number of aryl methyl sites for hydroxylation is 1. The molecule has 0 aliphatic carbocycles. The minimum absolute atomic E-state index is 0.0945. The van der Waals surface area contributed by atoms with E-state index in [4.69, 9.17) is 4.74 Å². The molecule has 6 nitrogen and oxygen atoms in total. The number of carbonyl (C=O) groups is 1. The number of benzene rings is 2. The largest absolute Gasteiger partial charge is 0.494 e. The molecule has 0 spiro atoms. The van der Waals surface area contributed by atoms with E-state index in [9.17, 15) is 4.79 Å². The van der Waals surface area contributed by atoms with Crippen molar-refractivity contribution in [3.63, 3.8) is 0 Å². The zero-order valence-corrected chi connectivity index (χ0v) is 20.8. The molecule has 2 aromatic carbocycles. The average Bonchev–Trinajstić information content (AvgIpc) is 2.91. The third-order valence-corrected chi connectivity index (χ3v) is 7.17. The van der Waals surface area contributed by atoms with E-state index >= 15 is 0 Å². The Morgan fingerprint density at radius 2 is 1.66 bits per heavy atom. The van der Waals surface area contributed by atoms with E-state index in [-0.39, 0.29) is 5.91 Å². The number of anilines is 1. The van der Waals surface area contributed by atoms with Crippen LogP contribution in [0.4, 0.5) is 5.69 Å². The molecule has 2 aliphatic heterocycles. The Morgan fingerprint density at radius 3 is 2.43 bits per heavy atom. The van der Waals surface area contributed by atoms with Crippen LogP contribution in [0.15, 0.2) is 54.6 Å². The minimum atomic E-state index is 0.0945. The quantitative estimate of drug-likeness (QED) is 0.464. The first-order valence-electron chi connectivity index (χ1n) is 13.0. The summed E-state index contributed by atoms with van der Waals surface area (Å²) >= 11 is 0. The van der Waals surface area contributed by atoms with Gasteiger partial charge in [-0.2, -0.15) is 0 Å². The number of amides is 1. The number of pyridine rings is 1. The van der Waals surface area contributed by atoms with Gasteiger partial charge < -0.3 is 19.4 Å². The highest BCUT2D eigenvalue weighted by molar-refractivity contribution is 5.95. The summed E-state index contributed by atoms with van der Waals surface area (Å²) in [6, 6.07) is 18.1. The molecule has 2 aliphatic rings. The number of hydrogen-bond donors (Lipinski definition) is 0. The predicted molar refractivity (Wildman–Crippen MR) is 141 cm³/mol. The van der Waals surface area contributed by atoms with Crippen molar-refractivity contribution in [3.8, 4) is 5.75 Å². The van der Waals surface area contributed by atoms with Crippen LogP contribution in [0.5, 0.6) is 5.75 Å². The fourth-order valence-electron chi connectivity index (χ4n) is 5.24. The number of fused-ring (bicyclic) bond motifs is 1. The topological polar surface area (TPSA) is 48.9 Å². The van der Waals surface area contributed by atoms with Gasteiger partial charge >= 0.3 is 0 Å². The highest BCUT2D eigenvalue weighted by Crippen LogP contribution is 2.28. The summed E-state index contributed by atoms with van der Waals surface area (Å²) in [6.07, 6.45) is 5.06. The summed E-state index contributed by atoms with van der Waals surface area (Å²) in [5.74, 6) is 0.932. The van der Waals surface area contributed by atoms with Crippen molar-refractivity contribution in [2.45, 2.75) is 32.6 Å². The summed E-state index contributed by atoms with van der Waals surface area (Å²) in [4.78, 5) is 24.6. The van der Waals surface area contributed by atoms with Gasteiger partial charge in [-0.15, -0.1) is 0 Å². The lowest BCUT2D eigenvalue weighted by molar-refractivity contribution is 0.0747. The van der Waals surface area contributed by atoms with Gasteiger partial charge in [0.1, 0.15) is 5.75 Å². The molecule has 35 heavy (non-hydrogen) atoms. The molecule has 3 aromatic rings. The summed E-state index contributed by atoms with van der Waals surface area (Å²) in [5.41, 5.74) is 3.98. The van der Waals surface area contributed by atoms with E-state index in [2.05, 4.69) is 39.0 Å². The van der Waals surface area contributed by atoms with Gasteiger partial charge in [0.15, 0.2) is 0 Å². The molecular formula is C29H36N4O2. The molecule has 0 N–H and O–H groups in total. The standard InChI is InChI=1S/C29H36N4O2/c1-23-22-28(26-8-3-4-9-27(26)30-23)32-17-19-33(20-18-32)29(34)24-10-12-25(13-11-24)35-21-7-16-31-14-5-2-6-15-31/h3-4,8-13,22H,2,5-7,14-21H2,1H3. The van der Waals surface area contributed by atoms with Crippen molar-refractivity contribution in [1.82, 2.24) is 14.8 Å². The Bertz CT molecular complexity index is 1130. The Hall–Kier alpha value is -3.12. The predicted octanol–water partition coefficient (Wildman–Crippen LogP) is 4.76. The summed E-state index contributed by atoms with van der Waals surface area (Å²) in [7, 11) is 0. The number of piperazine rings is 1. The number of ether oxygens (including phenoxy) is 1. The molecule has 1 aromatic heterocycles. The number of hydrogen-bond acceptors (Lipinski definition) is 5. The number of aromatic nitrogens is 1. The van der Waals surface area contributed by atoms with Gasteiger partial charge in [-0.05, 0) is 75.7 Å². The van der Waals surface area contributed by atoms with E-state index in [1.54, 1.807) is 0 Å². The van der Waals surface area contributed by atoms with Crippen molar-refractivity contribution < 1.29 is 9.53 Å². The van der Waals surface area contributed by atoms with E-state index < -0.39 is 0 Å². The molecule has 0 saturated carbocycles. The minimum Gasteiger partial charge on any atom is -0.494 e. The number of para-hydroxylation sites is 1. The molecule has 0 radical (unpaired) electrons. The van der Waals surface area contributed by atoms with Crippen LogP contribution < -0.4 is 9.64 Å². The third kappa shape index (κ3) is 5.76. The van der Waals surface area contributed by atoms with E-state index in [0.29, 0.717) is 13.1 Å². The zero-order chi connectivity index (χ0) is 24.0. The fraction of sp³-hybridized carbons (Fsp3) is 0.448. The summed E-state index contributed by atoms with van der Waals surface area (Å²) in [6.45, 7) is 9.37. The van der Waals surface area contributed by atoms with Crippen molar-refractivity contribution in [2.75, 3.05) is 57.3 Å². The monoisotopic (exact) mass is 472 g/mol. The highest BCUT2D eigenvalue weighted by Gasteiger charge is 2.23. The molecule has 0 atom stereocenters. The molecule has 3 heterocycles. The van der Waals surface area contributed by atoms with Crippen molar-refractivity contribution in [2.24, 2.45) is 0 Å². The molecule has 0 bridgehead atoms. The Morgan fingerprint density at radius 1 is 0.914 bits per heavy atom. The molecule has 5 rings (SSSR count). The first kappa shape index (κ1) is 23.6. The molecule has 2 fully saturated rings. The second-order valence-corrected chi connectivity index (χ2v) is 9.71. The number of rotatable bonds is 7. The Labute approximate surface area is 208 Å². The van der Waals surface area contributed by atoms with Crippen LogP contribution in [0.3, 0.4) is 0 Å². The normalized spacial score (nSPS) is 17.1. The average molecular weight is 473 g/mol. The molecule has 0 unspecified atom stereocenters. The van der Waals surface area contributed by atoms with E-state index in [0.717, 1.165) is 55.2 Å². The van der Waals surface area contributed by atoms with E-state index in [1.807, 2.05) is 42.2 Å². The fourth-order valence-corrected chi connectivity index (χ4v) is 5.24. The smallest absolute Gasteiger partial charge is 0.253 e. The van der Waals surface area contributed by atoms with Crippen LogP contribution in [0.2, 0.25) is 0 Å². The lowest BCUT2D eigenvalue weighted by atomic mass is 10.1. The second kappa shape index (κ2) is 11.1. The van der Waals surface area contributed by atoms with Crippen LogP contribution >= 0.6 is 0 Å². The lowest BCUT2D eigenvalue weighted by Gasteiger charge is -2.36. The maximum Gasteiger partial charge on any atom is 0.253 e. The van der Waals surface area contributed by atoms with Crippen LogP contribution in [0.1, 0.15) is 41.7 Å². The maximum absolute atomic E-state index is 13.1. The van der Waals surface area contributed by atoms with Gasteiger partial charge in [-0.3, -0.25) is 9.78 Å². The van der Waals surface area contributed by atoms with Crippen molar-refractivity contribution in [1.29, 1.82) is 0 Å². The van der Waals surface area contributed by atoms with Gasteiger partial charge in [-0.25, -0.2) is 0 Å². The lowest BCUT2D eigenvalue weighted by Crippen LogP contribution is -2.48. The molecule has 6 heteroatoms. The maximum atomic E-state index is 13.1. The summed E-state index contributed by atoms with van der Waals surface area (Å²) < 4.78 is 5.92. The molecule has 1 amide bonds. The van der Waals surface area contributed by atoms with Gasteiger partial charge in [0.2, 0.25) is 0 Å². The number of nitrogens with zero attached hydrogens (tertiary/aromatic N) is 4. The molecule has 184 valence electrons. The van der Waals surface area contributed by atoms with Crippen LogP contribution in [0.25, 0.3) is 10.9 Å². The first-order valence-corrected chi connectivity index (χ1v) is 13.0. The van der Waals surface area contributed by atoms with Gasteiger partial charge in [0.05, 0.1) is 12.1 Å². The van der Waals surface area contributed by atoms with Crippen LogP contribution in [-0.4, -0.2) is 73.1 Å². The van der Waals surface area contributed by atoms with Gasteiger partial charge in [0.25, 0.3) is 5.91 Å². The van der Waals surface area contributed by atoms with Crippen LogP contribution in [0, 0.1) is 6.92 Å². The Balaban J connectivity index is 1.12. The third-order valence-electron chi connectivity index (χ3n) is 7.17. The van der Waals surface area contributed by atoms with Crippen molar-refractivity contribution in [3.05, 3.63) is 65.9 Å². The first-order chi connectivity index (χ1) is 17.2. The zero-order valence-electron chi connectivity index (χ0n) is 20.8. The highest BCUT2D eigenvalue weighted by atomic mass is 16.5. The van der Waals surface area contributed by atoms with E-state index in [1.165, 1.54) is 43.4 Å². The van der Waals surface area contributed by atoms with Gasteiger partial charge in [-0.1, -0.05) is 24.6 Å². The number of likely N-dealkylation sites (tertiary alicyclic amines) is 1.